The molecule has 0 amide bonds. The van der Waals surface area contributed by atoms with Crippen LogP contribution >= 0.6 is 15.9 Å². The van der Waals surface area contributed by atoms with Gasteiger partial charge in [-0.25, -0.2) is 18.1 Å². The number of sulfonamides is 1. The molecular formula is C9H12BrN3O2S. The van der Waals surface area contributed by atoms with E-state index in [9.17, 15) is 8.42 Å². The average Bonchev–Trinajstić information content (AvgIpc) is 3.02. The largest absolute Gasteiger partial charge is 0.383 e. The second-order valence-corrected chi connectivity index (χ2v) is 6.48. The van der Waals surface area contributed by atoms with Gasteiger partial charge in [0.1, 0.15) is 10.7 Å². The number of nitrogen functional groups attached to an aromatic ring is 1. The summed E-state index contributed by atoms with van der Waals surface area (Å²) in [4.78, 5) is 3.83. The number of nitrogens with zero attached hydrogens (tertiary/aromatic N) is 1. The van der Waals surface area contributed by atoms with Gasteiger partial charge in [-0.2, -0.15) is 0 Å². The fourth-order valence-electron chi connectivity index (χ4n) is 1.27. The number of hydrogen-bond donors (Lipinski definition) is 2. The van der Waals surface area contributed by atoms with Gasteiger partial charge in [0, 0.05) is 17.2 Å². The first kappa shape index (κ1) is 11.8. The molecule has 1 aromatic heterocycles. The first-order valence-electron chi connectivity index (χ1n) is 4.90. The summed E-state index contributed by atoms with van der Waals surface area (Å²) in [5.41, 5.74) is 5.55. The van der Waals surface area contributed by atoms with Gasteiger partial charge in [-0.15, -0.1) is 0 Å². The Kier molecular flexibility index (Phi) is 3.18. The third-order valence-electron chi connectivity index (χ3n) is 2.40. The highest BCUT2D eigenvalue weighted by Gasteiger charge is 2.25. The lowest BCUT2D eigenvalue weighted by Gasteiger charge is -2.08. The van der Waals surface area contributed by atoms with Crippen LogP contribution in [0.4, 0.5) is 5.82 Å². The van der Waals surface area contributed by atoms with Crippen LogP contribution in [0.2, 0.25) is 0 Å². The first-order valence-corrected chi connectivity index (χ1v) is 7.17. The van der Waals surface area contributed by atoms with Gasteiger partial charge in [0.05, 0.1) is 0 Å². The molecule has 0 spiro atoms. The van der Waals surface area contributed by atoms with E-state index in [2.05, 4.69) is 25.6 Å². The minimum atomic E-state index is -3.54. The highest BCUT2D eigenvalue weighted by molar-refractivity contribution is 9.10. The molecule has 1 fully saturated rings. The summed E-state index contributed by atoms with van der Waals surface area (Å²) in [5.74, 6) is 0.502. The van der Waals surface area contributed by atoms with Gasteiger partial charge in [-0.3, -0.25) is 0 Å². The average molecular weight is 306 g/mol. The van der Waals surface area contributed by atoms with Gasteiger partial charge in [0.2, 0.25) is 10.0 Å². The quantitative estimate of drug-likeness (QED) is 0.873. The molecule has 7 heteroatoms. The predicted molar refractivity (Wildman–Crippen MR) is 64.3 cm³/mol. The lowest BCUT2D eigenvalue weighted by atomic mass is 10.4. The molecule has 0 saturated heterocycles. The van der Waals surface area contributed by atoms with Crippen molar-refractivity contribution in [1.82, 2.24) is 9.71 Å². The fraction of sp³-hybridized carbons (Fsp3) is 0.444. The number of pyridine rings is 1. The summed E-state index contributed by atoms with van der Waals surface area (Å²) in [6.07, 6.45) is 3.65. The number of nitrogens with two attached hydrogens (primary N) is 1. The van der Waals surface area contributed by atoms with Gasteiger partial charge in [-0.05, 0) is 40.8 Å². The number of aromatic nitrogens is 1. The molecule has 1 aliphatic carbocycles. The maximum atomic E-state index is 11.9. The van der Waals surface area contributed by atoms with Gasteiger partial charge in [0.25, 0.3) is 0 Å². The van der Waals surface area contributed by atoms with E-state index in [4.69, 9.17) is 5.73 Å². The van der Waals surface area contributed by atoms with Crippen molar-refractivity contribution in [2.24, 2.45) is 5.92 Å². The van der Waals surface area contributed by atoms with E-state index >= 15 is 0 Å². The highest BCUT2D eigenvalue weighted by atomic mass is 79.9. The number of rotatable bonds is 4. The van der Waals surface area contributed by atoms with Crippen molar-refractivity contribution in [1.29, 1.82) is 0 Å². The van der Waals surface area contributed by atoms with E-state index in [0.717, 1.165) is 12.8 Å². The van der Waals surface area contributed by atoms with Gasteiger partial charge < -0.3 is 5.73 Å². The van der Waals surface area contributed by atoms with Crippen LogP contribution in [0.25, 0.3) is 0 Å². The van der Waals surface area contributed by atoms with Crippen molar-refractivity contribution in [2.75, 3.05) is 12.3 Å². The van der Waals surface area contributed by atoms with Crippen molar-refractivity contribution in [3.8, 4) is 0 Å². The van der Waals surface area contributed by atoms with Crippen LogP contribution in [-0.4, -0.2) is 19.9 Å². The van der Waals surface area contributed by atoms with E-state index < -0.39 is 10.0 Å². The molecule has 5 nitrogen and oxygen atoms in total. The summed E-state index contributed by atoms with van der Waals surface area (Å²) >= 11 is 3.17. The molecule has 0 bridgehead atoms. The number of halogens is 1. The molecule has 0 aliphatic heterocycles. The standard InChI is InChI=1S/C9H12BrN3O2S/c10-7-3-8(9(11)12-5-7)16(14,15)13-4-6-1-2-6/h3,5-6,13H,1-2,4H2,(H2,11,12). The van der Waals surface area contributed by atoms with Gasteiger partial charge >= 0.3 is 0 Å². The third kappa shape index (κ3) is 2.72. The molecule has 1 saturated carbocycles. The molecule has 88 valence electrons. The zero-order valence-electron chi connectivity index (χ0n) is 8.48. The predicted octanol–water partition coefficient (Wildman–Crippen LogP) is 1.11. The second-order valence-electron chi connectivity index (χ2n) is 3.83. The van der Waals surface area contributed by atoms with Crippen molar-refractivity contribution < 1.29 is 8.42 Å². The van der Waals surface area contributed by atoms with E-state index in [0.29, 0.717) is 16.9 Å². The lowest BCUT2D eigenvalue weighted by Crippen LogP contribution is -2.26. The summed E-state index contributed by atoms with van der Waals surface area (Å²) < 4.78 is 26.9. The molecule has 16 heavy (non-hydrogen) atoms. The van der Waals surface area contributed by atoms with Crippen molar-refractivity contribution in [2.45, 2.75) is 17.7 Å². The van der Waals surface area contributed by atoms with Crippen LogP contribution < -0.4 is 10.5 Å². The Morgan fingerprint density at radius 3 is 2.88 bits per heavy atom. The first-order chi connectivity index (χ1) is 7.49. The molecule has 1 aromatic rings. The van der Waals surface area contributed by atoms with Crippen molar-refractivity contribution in [3.63, 3.8) is 0 Å². The SMILES string of the molecule is Nc1ncc(Br)cc1S(=O)(=O)NCC1CC1. The molecule has 0 aromatic carbocycles. The second kappa shape index (κ2) is 4.31. The molecule has 0 atom stereocenters. The molecule has 2 rings (SSSR count). The zero-order chi connectivity index (χ0) is 11.8. The summed E-state index contributed by atoms with van der Waals surface area (Å²) in [5, 5.41) is 0. The van der Waals surface area contributed by atoms with Crippen LogP contribution in [0.5, 0.6) is 0 Å². The Morgan fingerprint density at radius 1 is 1.56 bits per heavy atom. The van der Waals surface area contributed by atoms with Crippen LogP contribution in [-0.2, 0) is 10.0 Å². The van der Waals surface area contributed by atoms with Crippen LogP contribution in [0.1, 0.15) is 12.8 Å². The molecule has 0 radical (unpaired) electrons. The summed E-state index contributed by atoms with van der Waals surface area (Å²) in [6.45, 7) is 0.480. The zero-order valence-corrected chi connectivity index (χ0v) is 10.9. The van der Waals surface area contributed by atoms with Crippen molar-refractivity contribution in [3.05, 3.63) is 16.7 Å². The molecule has 1 aliphatic rings. The lowest BCUT2D eigenvalue weighted by molar-refractivity contribution is 0.577. The molecule has 3 N–H and O–H groups in total. The minimum absolute atomic E-state index is 0.0199. The maximum Gasteiger partial charge on any atom is 0.244 e. The Bertz CT molecular complexity index is 499. The van der Waals surface area contributed by atoms with Crippen LogP contribution in [0.3, 0.4) is 0 Å². The number of hydrogen-bond acceptors (Lipinski definition) is 4. The number of nitrogens with one attached hydrogen (secondary N) is 1. The van der Waals surface area contributed by atoms with Crippen LogP contribution in [0, 0.1) is 5.92 Å². The Morgan fingerprint density at radius 2 is 2.25 bits per heavy atom. The van der Waals surface area contributed by atoms with Gasteiger partial charge in [0.15, 0.2) is 0 Å². The fourth-order valence-corrected chi connectivity index (χ4v) is 2.98. The highest BCUT2D eigenvalue weighted by Crippen LogP contribution is 2.28. The maximum absolute atomic E-state index is 11.9. The Labute approximate surface area is 103 Å². The Hall–Kier alpha value is -0.660. The third-order valence-corrected chi connectivity index (χ3v) is 4.28. The topological polar surface area (TPSA) is 85.1 Å². The smallest absolute Gasteiger partial charge is 0.244 e. The minimum Gasteiger partial charge on any atom is -0.383 e. The molecule has 1 heterocycles. The number of anilines is 1. The van der Waals surface area contributed by atoms with Crippen LogP contribution in [0.15, 0.2) is 21.6 Å². The normalized spacial score (nSPS) is 16.3. The van der Waals surface area contributed by atoms with Gasteiger partial charge in [-0.1, -0.05) is 0 Å². The molecule has 0 unspecified atom stereocenters. The van der Waals surface area contributed by atoms with E-state index in [1.165, 1.54) is 12.3 Å². The van der Waals surface area contributed by atoms with E-state index in [1.807, 2.05) is 0 Å². The summed E-state index contributed by atoms with van der Waals surface area (Å²) in [6, 6.07) is 1.46. The summed E-state index contributed by atoms with van der Waals surface area (Å²) in [7, 11) is -3.54. The van der Waals surface area contributed by atoms with Crippen molar-refractivity contribution >= 4 is 31.8 Å². The Balaban J connectivity index is 2.22. The monoisotopic (exact) mass is 305 g/mol. The van der Waals surface area contributed by atoms with E-state index in [1.54, 1.807) is 0 Å². The molecular weight excluding hydrogens is 294 g/mol. The van der Waals surface area contributed by atoms with E-state index in [-0.39, 0.29) is 10.7 Å².